The summed E-state index contributed by atoms with van der Waals surface area (Å²) in [5.41, 5.74) is 0. The molecule has 0 saturated carbocycles. The average Bonchev–Trinajstić information content (AvgIpc) is 2.39. The molecular formula is C13H22N4. The number of hydrogen-bond acceptors (Lipinski definition) is 4. The van der Waals surface area contributed by atoms with E-state index in [-0.39, 0.29) is 0 Å². The maximum Gasteiger partial charge on any atom is 0.142 e. The molecule has 1 N–H and O–H groups in total. The van der Waals surface area contributed by atoms with E-state index in [0.29, 0.717) is 6.04 Å². The molecule has 1 aromatic rings. The molecule has 1 aliphatic heterocycles. The van der Waals surface area contributed by atoms with Crippen molar-refractivity contribution in [3.63, 3.8) is 0 Å². The molecule has 17 heavy (non-hydrogen) atoms. The highest BCUT2D eigenvalue weighted by molar-refractivity contribution is 4.90. The normalized spacial score (nSPS) is 21.6. The summed E-state index contributed by atoms with van der Waals surface area (Å²) in [5, 5.41) is 3.45. The van der Waals surface area contributed by atoms with Crippen LogP contribution in [0.4, 0.5) is 0 Å². The van der Waals surface area contributed by atoms with Crippen LogP contribution in [0.15, 0.2) is 18.5 Å². The molecule has 0 aliphatic carbocycles. The lowest BCUT2D eigenvalue weighted by atomic mass is 10.0. The predicted molar refractivity (Wildman–Crippen MR) is 68.6 cm³/mol. The molecule has 0 amide bonds. The minimum Gasteiger partial charge on any atom is -0.315 e. The Labute approximate surface area is 103 Å². The van der Waals surface area contributed by atoms with Crippen molar-refractivity contribution in [3.05, 3.63) is 24.3 Å². The first kappa shape index (κ1) is 12.5. The number of rotatable bonds is 5. The van der Waals surface area contributed by atoms with Crippen molar-refractivity contribution in [3.8, 4) is 0 Å². The van der Waals surface area contributed by atoms with Gasteiger partial charge in [-0.3, -0.25) is 4.90 Å². The fourth-order valence-corrected chi connectivity index (χ4v) is 2.40. The van der Waals surface area contributed by atoms with E-state index in [2.05, 4.69) is 27.1 Å². The summed E-state index contributed by atoms with van der Waals surface area (Å²) in [4.78, 5) is 11.1. The molecule has 0 bridgehead atoms. The third-order valence-electron chi connectivity index (χ3n) is 3.34. The standard InChI is InChI=1S/C13H22N4/c1-2-14-10-12-6-3-4-9-17(12)11-13-15-7-5-8-16-13/h5,7-8,12,14H,2-4,6,9-11H2,1H3. The van der Waals surface area contributed by atoms with Crippen molar-refractivity contribution < 1.29 is 0 Å². The second kappa shape index (κ2) is 6.67. The van der Waals surface area contributed by atoms with Crippen molar-refractivity contribution >= 4 is 0 Å². The Morgan fingerprint density at radius 3 is 2.94 bits per heavy atom. The summed E-state index contributed by atoms with van der Waals surface area (Å²) < 4.78 is 0. The fraction of sp³-hybridized carbons (Fsp3) is 0.692. The molecule has 94 valence electrons. The van der Waals surface area contributed by atoms with Crippen LogP contribution in [0, 0.1) is 0 Å². The van der Waals surface area contributed by atoms with Crippen molar-refractivity contribution in [2.24, 2.45) is 0 Å². The molecular weight excluding hydrogens is 212 g/mol. The van der Waals surface area contributed by atoms with Gasteiger partial charge in [-0.2, -0.15) is 0 Å². The monoisotopic (exact) mass is 234 g/mol. The van der Waals surface area contributed by atoms with Gasteiger partial charge in [-0.25, -0.2) is 9.97 Å². The highest BCUT2D eigenvalue weighted by Crippen LogP contribution is 2.17. The van der Waals surface area contributed by atoms with Gasteiger partial charge in [0, 0.05) is 25.0 Å². The lowest BCUT2D eigenvalue weighted by Crippen LogP contribution is -2.45. The molecule has 1 unspecified atom stereocenters. The molecule has 0 aromatic carbocycles. The van der Waals surface area contributed by atoms with E-state index in [1.165, 1.54) is 25.8 Å². The van der Waals surface area contributed by atoms with Crippen molar-refractivity contribution in [2.45, 2.75) is 38.8 Å². The van der Waals surface area contributed by atoms with Crippen LogP contribution in [0.5, 0.6) is 0 Å². The van der Waals surface area contributed by atoms with Crippen LogP contribution in [-0.4, -0.2) is 40.5 Å². The first-order valence-corrected chi connectivity index (χ1v) is 6.61. The van der Waals surface area contributed by atoms with E-state index in [0.717, 1.165) is 25.5 Å². The van der Waals surface area contributed by atoms with Gasteiger partial charge in [-0.15, -0.1) is 0 Å². The van der Waals surface area contributed by atoms with E-state index in [4.69, 9.17) is 0 Å². The van der Waals surface area contributed by atoms with Gasteiger partial charge in [0.05, 0.1) is 6.54 Å². The summed E-state index contributed by atoms with van der Waals surface area (Å²) in [5.74, 6) is 0.941. The third-order valence-corrected chi connectivity index (χ3v) is 3.34. The molecule has 4 heteroatoms. The van der Waals surface area contributed by atoms with Gasteiger partial charge in [-0.05, 0) is 32.0 Å². The average molecular weight is 234 g/mol. The van der Waals surface area contributed by atoms with Gasteiger partial charge in [-0.1, -0.05) is 13.3 Å². The Morgan fingerprint density at radius 1 is 1.35 bits per heavy atom. The summed E-state index contributed by atoms with van der Waals surface area (Å²) in [7, 11) is 0. The van der Waals surface area contributed by atoms with Crippen LogP contribution < -0.4 is 5.32 Å². The van der Waals surface area contributed by atoms with Crippen LogP contribution in [0.3, 0.4) is 0 Å². The number of piperidine rings is 1. The first-order valence-electron chi connectivity index (χ1n) is 6.61. The van der Waals surface area contributed by atoms with Crippen molar-refractivity contribution in [1.82, 2.24) is 20.2 Å². The van der Waals surface area contributed by atoms with Gasteiger partial charge in [0.2, 0.25) is 0 Å². The molecule has 1 saturated heterocycles. The maximum absolute atomic E-state index is 4.31. The van der Waals surface area contributed by atoms with Crippen molar-refractivity contribution in [2.75, 3.05) is 19.6 Å². The predicted octanol–water partition coefficient (Wildman–Crippen LogP) is 1.44. The molecule has 1 fully saturated rings. The van der Waals surface area contributed by atoms with Gasteiger partial charge in [0.25, 0.3) is 0 Å². The SMILES string of the molecule is CCNCC1CCCCN1Cc1ncccn1. The first-order chi connectivity index (χ1) is 8.40. The van der Waals surface area contributed by atoms with Gasteiger partial charge >= 0.3 is 0 Å². The molecule has 2 rings (SSSR count). The molecule has 0 spiro atoms. The lowest BCUT2D eigenvalue weighted by Gasteiger charge is -2.35. The smallest absolute Gasteiger partial charge is 0.142 e. The van der Waals surface area contributed by atoms with E-state index >= 15 is 0 Å². The number of nitrogens with zero attached hydrogens (tertiary/aromatic N) is 3. The molecule has 1 aromatic heterocycles. The fourth-order valence-electron chi connectivity index (χ4n) is 2.40. The Morgan fingerprint density at radius 2 is 2.18 bits per heavy atom. The molecule has 2 heterocycles. The van der Waals surface area contributed by atoms with Gasteiger partial charge in [0.15, 0.2) is 0 Å². The summed E-state index contributed by atoms with van der Waals surface area (Å²) >= 11 is 0. The van der Waals surface area contributed by atoms with E-state index in [1.807, 2.05) is 18.5 Å². The van der Waals surface area contributed by atoms with Gasteiger partial charge < -0.3 is 5.32 Å². The van der Waals surface area contributed by atoms with E-state index in [9.17, 15) is 0 Å². The molecule has 1 atom stereocenters. The zero-order valence-corrected chi connectivity index (χ0v) is 10.6. The number of nitrogens with one attached hydrogen (secondary N) is 1. The summed E-state index contributed by atoms with van der Waals surface area (Å²) in [6.07, 6.45) is 7.59. The largest absolute Gasteiger partial charge is 0.315 e. The Bertz CT molecular complexity index is 314. The molecule has 1 aliphatic rings. The summed E-state index contributed by atoms with van der Waals surface area (Å²) in [6.45, 7) is 6.36. The summed E-state index contributed by atoms with van der Waals surface area (Å²) in [6, 6.07) is 2.52. The third kappa shape index (κ3) is 3.75. The number of aromatic nitrogens is 2. The van der Waals surface area contributed by atoms with Crippen LogP contribution in [0.25, 0.3) is 0 Å². The number of likely N-dealkylation sites (tertiary alicyclic amines) is 1. The minimum absolute atomic E-state index is 0.646. The quantitative estimate of drug-likeness (QED) is 0.837. The number of likely N-dealkylation sites (N-methyl/N-ethyl adjacent to an activating group) is 1. The van der Waals surface area contributed by atoms with Crippen LogP contribution in [-0.2, 0) is 6.54 Å². The minimum atomic E-state index is 0.646. The van der Waals surface area contributed by atoms with E-state index in [1.54, 1.807) is 0 Å². The molecule has 0 radical (unpaired) electrons. The van der Waals surface area contributed by atoms with E-state index < -0.39 is 0 Å². The zero-order valence-electron chi connectivity index (χ0n) is 10.6. The second-order valence-corrected chi connectivity index (χ2v) is 4.59. The van der Waals surface area contributed by atoms with Crippen molar-refractivity contribution in [1.29, 1.82) is 0 Å². The highest BCUT2D eigenvalue weighted by atomic mass is 15.2. The Balaban J connectivity index is 1.92. The Hall–Kier alpha value is -1.00. The number of hydrogen-bond donors (Lipinski definition) is 1. The zero-order chi connectivity index (χ0) is 11.9. The molecule has 4 nitrogen and oxygen atoms in total. The van der Waals surface area contributed by atoms with Crippen LogP contribution >= 0.6 is 0 Å². The maximum atomic E-state index is 4.31. The second-order valence-electron chi connectivity index (χ2n) is 4.59. The topological polar surface area (TPSA) is 41.0 Å². The van der Waals surface area contributed by atoms with Gasteiger partial charge in [0.1, 0.15) is 5.82 Å². The Kier molecular flexibility index (Phi) is 4.88. The highest BCUT2D eigenvalue weighted by Gasteiger charge is 2.22. The lowest BCUT2D eigenvalue weighted by molar-refractivity contribution is 0.134. The van der Waals surface area contributed by atoms with Crippen LogP contribution in [0.1, 0.15) is 32.0 Å². The van der Waals surface area contributed by atoms with Crippen LogP contribution in [0.2, 0.25) is 0 Å².